The zero-order valence-corrected chi connectivity index (χ0v) is 14.0. The average Bonchev–Trinajstić information content (AvgIpc) is 2.95. The van der Waals surface area contributed by atoms with Gasteiger partial charge in [-0.2, -0.15) is 4.98 Å². The lowest BCUT2D eigenvalue weighted by atomic mass is 10.1. The highest BCUT2D eigenvalue weighted by atomic mass is 35.5. The average molecular weight is 338 g/mol. The number of hydrogen-bond acceptors (Lipinski definition) is 6. The Kier molecular flexibility index (Phi) is 5.87. The Morgan fingerprint density at radius 1 is 1.22 bits per heavy atom. The topological polar surface area (TPSA) is 68.5 Å². The summed E-state index contributed by atoms with van der Waals surface area (Å²) in [5.74, 6) is 1.14. The third kappa shape index (κ3) is 4.37. The highest BCUT2D eigenvalue weighted by Crippen LogP contribution is 2.18. The number of ether oxygens (including phenoxy) is 1. The fourth-order valence-electron chi connectivity index (χ4n) is 2.75. The van der Waals surface area contributed by atoms with Gasteiger partial charge in [0, 0.05) is 24.2 Å². The predicted molar refractivity (Wildman–Crippen MR) is 87.7 cm³/mol. The van der Waals surface area contributed by atoms with Gasteiger partial charge in [-0.1, -0.05) is 29.4 Å². The van der Waals surface area contributed by atoms with Crippen molar-refractivity contribution in [1.82, 2.24) is 15.0 Å². The summed E-state index contributed by atoms with van der Waals surface area (Å²) < 4.78 is 11.0. The van der Waals surface area contributed by atoms with E-state index in [4.69, 9.17) is 9.26 Å². The van der Waals surface area contributed by atoms with Crippen LogP contribution in [-0.4, -0.2) is 46.6 Å². The molecule has 0 aliphatic carbocycles. The van der Waals surface area contributed by atoms with Crippen molar-refractivity contribution in [2.75, 3.05) is 13.1 Å². The van der Waals surface area contributed by atoms with Gasteiger partial charge in [0.2, 0.25) is 11.7 Å². The first-order valence-electron chi connectivity index (χ1n) is 7.40. The van der Waals surface area contributed by atoms with Crippen LogP contribution in [0.4, 0.5) is 0 Å². The van der Waals surface area contributed by atoms with Crippen LogP contribution < -0.4 is 0 Å². The van der Waals surface area contributed by atoms with Gasteiger partial charge in [-0.25, -0.2) is 0 Å². The summed E-state index contributed by atoms with van der Waals surface area (Å²) in [6, 6.07) is 7.11. The van der Waals surface area contributed by atoms with Crippen LogP contribution in [0.1, 0.15) is 30.1 Å². The minimum atomic E-state index is 0. The fraction of sp³-hybridized carbons (Fsp3) is 0.438. The number of nitrogens with zero attached hydrogens (tertiary/aromatic N) is 3. The fourth-order valence-corrected chi connectivity index (χ4v) is 2.75. The van der Waals surface area contributed by atoms with Crippen LogP contribution in [0.15, 0.2) is 28.8 Å². The molecule has 1 aromatic heterocycles. The number of halogens is 1. The Bertz CT molecular complexity index is 634. The van der Waals surface area contributed by atoms with E-state index in [1.165, 1.54) is 0 Å². The molecule has 0 spiro atoms. The Morgan fingerprint density at radius 2 is 1.87 bits per heavy atom. The first kappa shape index (κ1) is 17.6. The van der Waals surface area contributed by atoms with Gasteiger partial charge in [-0.3, -0.25) is 9.69 Å². The van der Waals surface area contributed by atoms with Crippen LogP contribution in [-0.2, 0) is 11.3 Å². The Labute approximate surface area is 141 Å². The van der Waals surface area contributed by atoms with Crippen LogP contribution in [0.2, 0.25) is 0 Å². The Hall–Kier alpha value is -1.76. The number of morpholine rings is 1. The lowest BCUT2D eigenvalue weighted by molar-refractivity contribution is -0.0725. The van der Waals surface area contributed by atoms with E-state index in [-0.39, 0.29) is 24.6 Å². The van der Waals surface area contributed by atoms with Gasteiger partial charge in [0.05, 0.1) is 18.8 Å². The van der Waals surface area contributed by atoms with Crippen molar-refractivity contribution in [3.05, 3.63) is 35.7 Å². The van der Waals surface area contributed by atoms with Gasteiger partial charge >= 0.3 is 0 Å². The Balaban J connectivity index is 0.00000192. The molecule has 0 bridgehead atoms. The molecule has 1 aliphatic rings. The van der Waals surface area contributed by atoms with E-state index < -0.39 is 0 Å². The monoisotopic (exact) mass is 337 g/mol. The molecule has 1 aliphatic heterocycles. The third-order valence-electron chi connectivity index (χ3n) is 3.63. The third-order valence-corrected chi connectivity index (χ3v) is 3.63. The summed E-state index contributed by atoms with van der Waals surface area (Å²) in [6.45, 7) is 6.47. The van der Waals surface area contributed by atoms with Gasteiger partial charge in [-0.05, 0) is 13.8 Å². The molecule has 3 rings (SSSR count). The van der Waals surface area contributed by atoms with Gasteiger partial charge in [0.1, 0.15) is 6.29 Å². The van der Waals surface area contributed by atoms with E-state index >= 15 is 0 Å². The molecule has 1 aromatic carbocycles. The first-order chi connectivity index (χ1) is 10.6. The molecule has 0 N–H and O–H groups in total. The summed E-state index contributed by atoms with van der Waals surface area (Å²) in [7, 11) is 0. The molecule has 7 heteroatoms. The zero-order valence-electron chi connectivity index (χ0n) is 13.1. The minimum Gasteiger partial charge on any atom is -0.373 e. The van der Waals surface area contributed by atoms with Gasteiger partial charge in [0.15, 0.2) is 0 Å². The molecular weight excluding hydrogens is 318 g/mol. The van der Waals surface area contributed by atoms with Crippen molar-refractivity contribution >= 4 is 18.7 Å². The molecule has 1 fully saturated rings. The normalized spacial score (nSPS) is 21.7. The number of aldehydes is 1. The maximum atomic E-state index is 10.7. The molecule has 1 saturated heterocycles. The maximum absolute atomic E-state index is 10.7. The highest BCUT2D eigenvalue weighted by Gasteiger charge is 2.23. The van der Waals surface area contributed by atoms with Crippen LogP contribution in [0, 0.1) is 0 Å². The largest absolute Gasteiger partial charge is 0.373 e. The molecule has 0 unspecified atom stereocenters. The summed E-state index contributed by atoms with van der Waals surface area (Å²) >= 11 is 0. The molecular formula is C16H20ClN3O3. The number of benzene rings is 1. The molecule has 2 atom stereocenters. The minimum absolute atomic E-state index is 0. The van der Waals surface area contributed by atoms with E-state index in [0.717, 1.165) is 24.9 Å². The summed E-state index contributed by atoms with van der Waals surface area (Å²) in [5.41, 5.74) is 1.47. The van der Waals surface area contributed by atoms with E-state index in [2.05, 4.69) is 28.9 Å². The van der Waals surface area contributed by atoms with Crippen LogP contribution >= 0.6 is 12.4 Å². The van der Waals surface area contributed by atoms with Crippen molar-refractivity contribution in [3.63, 3.8) is 0 Å². The van der Waals surface area contributed by atoms with Crippen molar-refractivity contribution in [2.24, 2.45) is 0 Å². The quantitative estimate of drug-likeness (QED) is 0.799. The number of rotatable bonds is 4. The van der Waals surface area contributed by atoms with Gasteiger partial charge in [0.25, 0.3) is 0 Å². The zero-order chi connectivity index (χ0) is 15.5. The molecule has 124 valence electrons. The molecule has 2 heterocycles. The highest BCUT2D eigenvalue weighted by molar-refractivity contribution is 5.85. The van der Waals surface area contributed by atoms with E-state index in [1.807, 2.05) is 12.1 Å². The van der Waals surface area contributed by atoms with Crippen LogP contribution in [0.25, 0.3) is 11.4 Å². The molecule has 2 aromatic rings. The molecule has 0 saturated carbocycles. The molecule has 0 radical (unpaired) electrons. The lowest BCUT2D eigenvalue weighted by Crippen LogP contribution is -2.44. The van der Waals surface area contributed by atoms with E-state index in [9.17, 15) is 4.79 Å². The first-order valence-corrected chi connectivity index (χ1v) is 7.40. The predicted octanol–water partition coefficient (Wildman–Crippen LogP) is 2.58. The smallest absolute Gasteiger partial charge is 0.241 e. The lowest BCUT2D eigenvalue weighted by Gasteiger charge is -2.34. The number of aromatic nitrogens is 2. The van der Waals surface area contributed by atoms with E-state index in [0.29, 0.717) is 23.8 Å². The summed E-state index contributed by atoms with van der Waals surface area (Å²) in [6.07, 6.45) is 1.23. The standard InChI is InChI=1S/C16H19N3O3.ClH/c1-11-7-19(8-12(2)21-11)9-15-17-16(18-22-15)14-5-3-13(10-20)4-6-14;/h3-6,10-12H,7-9H2,1-2H3;1H/t11-,12+;. The SMILES string of the molecule is C[C@@H]1CN(Cc2nc(-c3ccc(C=O)cc3)no2)C[C@H](C)O1.Cl. The maximum Gasteiger partial charge on any atom is 0.241 e. The van der Waals surface area contributed by atoms with Crippen molar-refractivity contribution < 1.29 is 14.1 Å². The van der Waals surface area contributed by atoms with E-state index in [1.54, 1.807) is 12.1 Å². The van der Waals surface area contributed by atoms with Crippen molar-refractivity contribution in [2.45, 2.75) is 32.6 Å². The summed E-state index contributed by atoms with van der Waals surface area (Å²) in [5, 5.41) is 4.01. The molecule has 23 heavy (non-hydrogen) atoms. The van der Waals surface area contributed by atoms with Crippen molar-refractivity contribution in [3.8, 4) is 11.4 Å². The van der Waals surface area contributed by atoms with Crippen molar-refractivity contribution in [1.29, 1.82) is 0 Å². The summed E-state index contributed by atoms with van der Waals surface area (Å²) in [4.78, 5) is 17.4. The van der Waals surface area contributed by atoms with Gasteiger partial charge in [-0.15, -0.1) is 12.4 Å². The second kappa shape index (κ2) is 7.68. The second-order valence-corrected chi connectivity index (χ2v) is 5.70. The molecule has 6 nitrogen and oxygen atoms in total. The van der Waals surface area contributed by atoms with Gasteiger partial charge < -0.3 is 9.26 Å². The Morgan fingerprint density at radius 3 is 2.48 bits per heavy atom. The van der Waals surface area contributed by atoms with Crippen LogP contribution in [0.5, 0.6) is 0 Å². The molecule has 0 amide bonds. The second-order valence-electron chi connectivity index (χ2n) is 5.70. The van der Waals surface area contributed by atoms with Crippen LogP contribution in [0.3, 0.4) is 0 Å². The number of carbonyl (C=O) groups is 1. The number of hydrogen-bond donors (Lipinski definition) is 0. The number of carbonyl (C=O) groups excluding carboxylic acids is 1.